The van der Waals surface area contributed by atoms with Gasteiger partial charge in [-0.05, 0) is 43.0 Å². The van der Waals surface area contributed by atoms with E-state index in [0.717, 1.165) is 66.1 Å². The molecule has 1 aliphatic heterocycles. The van der Waals surface area contributed by atoms with Gasteiger partial charge in [0.1, 0.15) is 34.0 Å². The summed E-state index contributed by atoms with van der Waals surface area (Å²) in [6.45, 7) is 4.66. The molecule has 3 aromatic rings. The first kappa shape index (κ1) is 25.2. The number of aliphatic hydroxyl groups is 1. The predicted octanol–water partition coefficient (Wildman–Crippen LogP) is 3.19. The molecular formula is C26H35N5O3S. The number of nitrogen functional groups attached to an aromatic ring is 1. The summed E-state index contributed by atoms with van der Waals surface area (Å²) in [6.07, 6.45) is 3.25. The van der Waals surface area contributed by atoms with Crippen molar-refractivity contribution in [3.63, 3.8) is 0 Å². The van der Waals surface area contributed by atoms with Crippen molar-refractivity contribution in [2.24, 2.45) is 0 Å². The molecule has 0 bridgehead atoms. The lowest BCUT2D eigenvalue weighted by Gasteiger charge is -2.34. The molecule has 0 saturated carbocycles. The molecular weight excluding hydrogens is 462 g/mol. The Kier molecular flexibility index (Phi) is 8.43. The molecule has 3 heterocycles. The van der Waals surface area contributed by atoms with Crippen LogP contribution in [0.25, 0.3) is 10.2 Å². The highest BCUT2D eigenvalue weighted by molar-refractivity contribution is 7.21. The van der Waals surface area contributed by atoms with Crippen molar-refractivity contribution < 1.29 is 14.6 Å². The van der Waals surface area contributed by atoms with Crippen LogP contribution in [0.15, 0.2) is 36.4 Å². The van der Waals surface area contributed by atoms with E-state index in [2.05, 4.69) is 28.5 Å². The van der Waals surface area contributed by atoms with Crippen LogP contribution in [0.5, 0.6) is 5.75 Å². The van der Waals surface area contributed by atoms with Gasteiger partial charge in [-0.25, -0.2) is 4.98 Å². The molecule has 1 atom stereocenters. The molecule has 0 aliphatic carbocycles. The number of carbonyl (C=O) groups is 1. The molecule has 1 aromatic carbocycles. The van der Waals surface area contributed by atoms with E-state index >= 15 is 0 Å². The second-order valence-corrected chi connectivity index (χ2v) is 9.94. The molecule has 2 aromatic heterocycles. The highest BCUT2D eigenvalue weighted by atomic mass is 32.1. The lowest BCUT2D eigenvalue weighted by Crippen LogP contribution is -2.45. The summed E-state index contributed by atoms with van der Waals surface area (Å²) in [7, 11) is 1.62. The Morgan fingerprint density at radius 1 is 1.31 bits per heavy atom. The molecule has 4 rings (SSSR count). The molecule has 35 heavy (non-hydrogen) atoms. The standard InChI is InChI=1S/C26H35N5O3S/c1-3-7-17-14-21(30-26-22(17)23(27)24(35-26)25(33)28-2)31-12-10-18(11-13-31)29-15-19(32)16-34-20-8-5-4-6-9-20/h4-6,8-9,14,18-19,29,32H,3,7,10-13,15-16,27H2,1-2H3,(H,28,33). The molecule has 1 fully saturated rings. The lowest BCUT2D eigenvalue weighted by molar-refractivity contribution is 0.0968. The highest BCUT2D eigenvalue weighted by Crippen LogP contribution is 2.37. The van der Waals surface area contributed by atoms with E-state index in [4.69, 9.17) is 15.5 Å². The minimum atomic E-state index is -0.562. The van der Waals surface area contributed by atoms with Crippen LogP contribution in [-0.2, 0) is 6.42 Å². The largest absolute Gasteiger partial charge is 0.491 e. The third kappa shape index (κ3) is 6.04. The van der Waals surface area contributed by atoms with Crippen LogP contribution in [0.4, 0.5) is 11.5 Å². The maximum atomic E-state index is 12.3. The number of aliphatic hydroxyl groups excluding tert-OH is 1. The number of ether oxygens (including phenoxy) is 1. The normalized spacial score (nSPS) is 15.3. The Morgan fingerprint density at radius 3 is 2.74 bits per heavy atom. The molecule has 0 spiro atoms. The molecule has 5 N–H and O–H groups in total. The Morgan fingerprint density at radius 2 is 2.06 bits per heavy atom. The number of anilines is 2. The van der Waals surface area contributed by atoms with E-state index < -0.39 is 6.10 Å². The zero-order valence-electron chi connectivity index (χ0n) is 20.4. The Hall–Kier alpha value is -2.88. The summed E-state index contributed by atoms with van der Waals surface area (Å²) >= 11 is 1.36. The van der Waals surface area contributed by atoms with Crippen LogP contribution in [0, 0.1) is 0 Å². The summed E-state index contributed by atoms with van der Waals surface area (Å²) in [4.78, 5) is 20.8. The van der Waals surface area contributed by atoms with Gasteiger partial charge in [0.15, 0.2) is 0 Å². The third-order valence-electron chi connectivity index (χ3n) is 6.37. The van der Waals surface area contributed by atoms with Gasteiger partial charge in [0.25, 0.3) is 5.91 Å². The number of benzene rings is 1. The van der Waals surface area contributed by atoms with Gasteiger partial charge in [0.05, 0.1) is 5.69 Å². The number of hydrogen-bond acceptors (Lipinski definition) is 8. The van der Waals surface area contributed by atoms with Crippen molar-refractivity contribution in [2.45, 2.75) is 44.8 Å². The Labute approximate surface area is 210 Å². The zero-order valence-corrected chi connectivity index (χ0v) is 21.2. The van der Waals surface area contributed by atoms with Crippen LogP contribution >= 0.6 is 11.3 Å². The molecule has 9 heteroatoms. The van der Waals surface area contributed by atoms with Gasteiger partial charge in [-0.15, -0.1) is 11.3 Å². The number of nitrogens with zero attached hydrogens (tertiary/aromatic N) is 2. The van der Waals surface area contributed by atoms with Crippen LogP contribution in [-0.4, -0.2) is 61.4 Å². The van der Waals surface area contributed by atoms with Gasteiger partial charge in [-0.2, -0.15) is 0 Å². The van der Waals surface area contributed by atoms with E-state index in [1.807, 2.05) is 30.3 Å². The summed E-state index contributed by atoms with van der Waals surface area (Å²) in [5.74, 6) is 1.54. The number of amides is 1. The Balaban J connectivity index is 1.35. The molecule has 1 saturated heterocycles. The first-order valence-electron chi connectivity index (χ1n) is 12.3. The number of hydrogen-bond donors (Lipinski definition) is 4. The number of carbonyl (C=O) groups excluding carboxylic acids is 1. The van der Waals surface area contributed by atoms with Crippen molar-refractivity contribution in [1.29, 1.82) is 0 Å². The van der Waals surface area contributed by atoms with Crippen molar-refractivity contribution in [3.05, 3.63) is 46.8 Å². The summed E-state index contributed by atoms with van der Waals surface area (Å²) < 4.78 is 5.64. The SMILES string of the molecule is CCCc1cc(N2CCC(NCC(O)COc3ccccc3)CC2)nc2sc(C(=O)NC)c(N)c12. The fourth-order valence-corrected chi connectivity index (χ4v) is 5.56. The number of nitrogens with one attached hydrogen (secondary N) is 2. The number of para-hydroxylation sites is 1. The average Bonchev–Trinajstić information content (AvgIpc) is 3.23. The topological polar surface area (TPSA) is 113 Å². The van der Waals surface area contributed by atoms with Crippen molar-refractivity contribution in [2.75, 3.05) is 43.9 Å². The smallest absolute Gasteiger partial charge is 0.263 e. The fourth-order valence-electron chi connectivity index (χ4n) is 4.48. The van der Waals surface area contributed by atoms with E-state index in [1.165, 1.54) is 11.3 Å². The van der Waals surface area contributed by atoms with Crippen LogP contribution in [0.2, 0.25) is 0 Å². The summed E-state index contributed by atoms with van der Waals surface area (Å²) in [6, 6.07) is 12.0. The quantitative estimate of drug-likeness (QED) is 0.340. The van der Waals surface area contributed by atoms with Crippen molar-refractivity contribution in [3.8, 4) is 5.75 Å². The van der Waals surface area contributed by atoms with Crippen molar-refractivity contribution in [1.82, 2.24) is 15.6 Å². The number of fused-ring (bicyclic) bond motifs is 1. The number of rotatable bonds is 10. The molecule has 8 nitrogen and oxygen atoms in total. The summed E-state index contributed by atoms with van der Waals surface area (Å²) in [5.41, 5.74) is 8.05. The number of thiophene rings is 1. The van der Waals surface area contributed by atoms with E-state index in [-0.39, 0.29) is 12.5 Å². The van der Waals surface area contributed by atoms with Gasteiger partial charge in [0, 0.05) is 38.1 Å². The van der Waals surface area contributed by atoms with Gasteiger partial charge in [-0.3, -0.25) is 4.79 Å². The number of aryl methyl sites for hydroxylation is 1. The third-order valence-corrected chi connectivity index (χ3v) is 7.46. The number of aromatic nitrogens is 1. The number of pyridine rings is 1. The second-order valence-electron chi connectivity index (χ2n) is 8.94. The van der Waals surface area contributed by atoms with Crippen LogP contribution in [0.1, 0.15) is 41.4 Å². The maximum absolute atomic E-state index is 12.3. The minimum absolute atomic E-state index is 0.169. The van der Waals surface area contributed by atoms with Gasteiger partial charge >= 0.3 is 0 Å². The predicted molar refractivity (Wildman–Crippen MR) is 143 cm³/mol. The van der Waals surface area contributed by atoms with Crippen molar-refractivity contribution >= 4 is 39.0 Å². The van der Waals surface area contributed by atoms with Crippen LogP contribution in [0.3, 0.4) is 0 Å². The first-order valence-corrected chi connectivity index (χ1v) is 13.1. The highest BCUT2D eigenvalue weighted by Gasteiger charge is 2.24. The van der Waals surface area contributed by atoms with E-state index in [1.54, 1.807) is 7.05 Å². The molecule has 1 aliphatic rings. The average molecular weight is 498 g/mol. The molecule has 1 unspecified atom stereocenters. The van der Waals surface area contributed by atoms with E-state index in [0.29, 0.717) is 23.2 Å². The second kappa shape index (κ2) is 11.7. The summed E-state index contributed by atoms with van der Waals surface area (Å²) in [5, 5.41) is 17.4. The number of piperidine rings is 1. The maximum Gasteiger partial charge on any atom is 0.263 e. The lowest BCUT2D eigenvalue weighted by atomic mass is 10.0. The van der Waals surface area contributed by atoms with Gasteiger partial charge in [0.2, 0.25) is 0 Å². The van der Waals surface area contributed by atoms with E-state index in [9.17, 15) is 9.90 Å². The minimum Gasteiger partial charge on any atom is -0.491 e. The number of nitrogens with two attached hydrogens (primary N) is 1. The van der Waals surface area contributed by atoms with Gasteiger partial charge in [-0.1, -0.05) is 31.5 Å². The molecule has 188 valence electrons. The first-order chi connectivity index (χ1) is 17.0. The molecule has 0 radical (unpaired) electrons. The monoisotopic (exact) mass is 497 g/mol. The Bertz CT molecular complexity index is 1130. The van der Waals surface area contributed by atoms with Gasteiger partial charge < -0.3 is 31.1 Å². The van der Waals surface area contributed by atoms with Crippen LogP contribution < -0.4 is 26.0 Å². The zero-order chi connectivity index (χ0) is 24.8. The molecule has 1 amide bonds. The fraction of sp³-hybridized carbons (Fsp3) is 0.462.